The molecule has 0 saturated carbocycles. The SMILES string of the molecule is c1ccc2cc3c(cc2c1)c1ccccc1n3-c1ccc(-c2ccc3c4ccccc4c4ccccc4c3c2)c2nccnc12. The Morgan fingerprint density at radius 1 is 0.378 bits per heavy atom. The van der Waals surface area contributed by atoms with Crippen LogP contribution in [0.1, 0.15) is 0 Å². The highest BCUT2D eigenvalue weighted by Gasteiger charge is 2.18. The van der Waals surface area contributed by atoms with E-state index in [0.29, 0.717) is 0 Å². The summed E-state index contributed by atoms with van der Waals surface area (Å²) in [5.41, 5.74) is 7.34. The van der Waals surface area contributed by atoms with E-state index in [0.717, 1.165) is 33.4 Å². The van der Waals surface area contributed by atoms with Crippen molar-refractivity contribution in [3.8, 4) is 16.8 Å². The molecule has 0 amide bonds. The van der Waals surface area contributed by atoms with E-state index in [4.69, 9.17) is 9.97 Å². The summed E-state index contributed by atoms with van der Waals surface area (Å²) >= 11 is 0. The van der Waals surface area contributed by atoms with Crippen LogP contribution in [0.25, 0.3) is 92.7 Å². The Balaban J connectivity index is 1.26. The van der Waals surface area contributed by atoms with Gasteiger partial charge >= 0.3 is 0 Å². The molecule has 3 nitrogen and oxygen atoms in total. The summed E-state index contributed by atoms with van der Waals surface area (Å²) in [4.78, 5) is 9.92. The molecule has 0 aliphatic rings. The average Bonchev–Trinajstić information content (AvgIpc) is 3.43. The molecule has 10 aromatic rings. The number of nitrogens with zero attached hydrogens (tertiary/aromatic N) is 3. The van der Waals surface area contributed by atoms with Crippen LogP contribution in [0.3, 0.4) is 0 Å². The first-order valence-electron chi connectivity index (χ1n) is 15.3. The number of hydrogen-bond donors (Lipinski definition) is 0. The van der Waals surface area contributed by atoms with Gasteiger partial charge in [-0.3, -0.25) is 9.97 Å². The predicted molar refractivity (Wildman–Crippen MR) is 189 cm³/mol. The molecule has 0 radical (unpaired) electrons. The average molecular weight is 572 g/mol. The highest BCUT2D eigenvalue weighted by molar-refractivity contribution is 6.26. The minimum Gasteiger partial charge on any atom is -0.307 e. The van der Waals surface area contributed by atoms with Crippen LogP contribution >= 0.6 is 0 Å². The highest BCUT2D eigenvalue weighted by Crippen LogP contribution is 2.40. The topological polar surface area (TPSA) is 30.7 Å². The lowest BCUT2D eigenvalue weighted by molar-refractivity contribution is 1.17. The van der Waals surface area contributed by atoms with E-state index in [9.17, 15) is 0 Å². The first kappa shape index (κ1) is 24.4. The number of aromatic nitrogens is 3. The van der Waals surface area contributed by atoms with Crippen molar-refractivity contribution >= 4 is 75.9 Å². The monoisotopic (exact) mass is 571 g/mol. The van der Waals surface area contributed by atoms with Gasteiger partial charge in [-0.1, -0.05) is 103 Å². The Morgan fingerprint density at radius 3 is 1.69 bits per heavy atom. The van der Waals surface area contributed by atoms with E-state index < -0.39 is 0 Å². The number of rotatable bonds is 2. The Morgan fingerprint density at radius 2 is 0.956 bits per heavy atom. The molecule has 0 unspecified atom stereocenters. The molecule has 0 spiro atoms. The van der Waals surface area contributed by atoms with Gasteiger partial charge < -0.3 is 4.57 Å². The van der Waals surface area contributed by atoms with Crippen molar-refractivity contribution in [2.24, 2.45) is 0 Å². The molecule has 10 rings (SSSR count). The van der Waals surface area contributed by atoms with Gasteiger partial charge in [0.1, 0.15) is 5.52 Å². The van der Waals surface area contributed by atoms with E-state index in [2.05, 4.69) is 144 Å². The zero-order chi connectivity index (χ0) is 29.5. The summed E-state index contributed by atoms with van der Waals surface area (Å²) in [6.07, 6.45) is 3.61. The third kappa shape index (κ3) is 3.46. The number of benzene rings is 8. The smallest absolute Gasteiger partial charge is 0.113 e. The van der Waals surface area contributed by atoms with Crippen molar-refractivity contribution in [2.75, 3.05) is 0 Å². The van der Waals surface area contributed by atoms with Crippen LogP contribution in [0.15, 0.2) is 152 Å². The number of para-hydroxylation sites is 1. The van der Waals surface area contributed by atoms with Crippen molar-refractivity contribution in [2.45, 2.75) is 0 Å². The van der Waals surface area contributed by atoms with Gasteiger partial charge in [0.2, 0.25) is 0 Å². The molecular weight excluding hydrogens is 546 g/mol. The largest absolute Gasteiger partial charge is 0.307 e. The number of hydrogen-bond acceptors (Lipinski definition) is 2. The van der Waals surface area contributed by atoms with Crippen LogP contribution in [-0.2, 0) is 0 Å². The van der Waals surface area contributed by atoms with Gasteiger partial charge in [0.05, 0.1) is 22.2 Å². The van der Waals surface area contributed by atoms with Crippen LogP contribution in [0.5, 0.6) is 0 Å². The van der Waals surface area contributed by atoms with Gasteiger partial charge in [0, 0.05) is 28.7 Å². The molecule has 8 aromatic carbocycles. The minimum atomic E-state index is 0.884. The fourth-order valence-corrected chi connectivity index (χ4v) is 7.45. The van der Waals surface area contributed by atoms with Crippen LogP contribution in [0, 0.1) is 0 Å². The molecule has 0 aliphatic heterocycles. The molecule has 0 N–H and O–H groups in total. The van der Waals surface area contributed by atoms with Gasteiger partial charge in [-0.25, -0.2) is 0 Å². The first-order valence-corrected chi connectivity index (χ1v) is 15.3. The normalized spacial score (nSPS) is 12.0. The van der Waals surface area contributed by atoms with Gasteiger partial charge in [-0.15, -0.1) is 0 Å². The van der Waals surface area contributed by atoms with E-state index in [1.165, 1.54) is 59.4 Å². The maximum Gasteiger partial charge on any atom is 0.113 e. The van der Waals surface area contributed by atoms with E-state index >= 15 is 0 Å². The Bertz CT molecular complexity index is 2790. The summed E-state index contributed by atoms with van der Waals surface area (Å²) in [7, 11) is 0. The third-order valence-electron chi connectivity index (χ3n) is 9.44. The van der Waals surface area contributed by atoms with Crippen molar-refractivity contribution in [3.63, 3.8) is 0 Å². The Kier molecular flexibility index (Phi) is 5.00. The Labute approximate surface area is 258 Å². The quantitative estimate of drug-likeness (QED) is 0.193. The summed E-state index contributed by atoms with van der Waals surface area (Å²) in [5.74, 6) is 0. The molecule has 2 aromatic heterocycles. The van der Waals surface area contributed by atoms with Crippen LogP contribution in [-0.4, -0.2) is 14.5 Å². The maximum absolute atomic E-state index is 4.97. The zero-order valence-corrected chi connectivity index (χ0v) is 24.3. The van der Waals surface area contributed by atoms with Crippen molar-refractivity contribution in [3.05, 3.63) is 152 Å². The zero-order valence-electron chi connectivity index (χ0n) is 24.3. The second kappa shape index (κ2) is 9.22. The minimum absolute atomic E-state index is 0.884. The van der Waals surface area contributed by atoms with Crippen molar-refractivity contribution in [1.29, 1.82) is 0 Å². The molecule has 0 aliphatic carbocycles. The van der Waals surface area contributed by atoms with E-state index in [1.54, 1.807) is 12.4 Å². The summed E-state index contributed by atoms with van der Waals surface area (Å²) in [6.45, 7) is 0. The van der Waals surface area contributed by atoms with Crippen molar-refractivity contribution in [1.82, 2.24) is 14.5 Å². The predicted octanol–water partition coefficient (Wildman–Crippen LogP) is 11.0. The standard InChI is InChI=1S/C42H25N3/c1-2-10-27-25-40-37(23-26(27)9-1)35-15-7-8-16-38(35)45(40)39-20-19-29(41-42(39)44-22-21-43-41)28-17-18-34-32-13-4-3-11-30(32)31-12-5-6-14-33(31)36(34)24-28/h1-25H. The molecule has 0 saturated heterocycles. The van der Waals surface area contributed by atoms with Gasteiger partial charge in [0.25, 0.3) is 0 Å². The summed E-state index contributed by atoms with van der Waals surface area (Å²) < 4.78 is 2.36. The van der Waals surface area contributed by atoms with Gasteiger partial charge in [-0.05, 0) is 85.1 Å². The molecule has 0 atom stereocenters. The van der Waals surface area contributed by atoms with Gasteiger partial charge in [0.15, 0.2) is 0 Å². The lowest BCUT2D eigenvalue weighted by Gasteiger charge is -2.15. The molecule has 2 heterocycles. The Hall–Kier alpha value is -6.06. The fourth-order valence-electron chi connectivity index (χ4n) is 7.45. The van der Waals surface area contributed by atoms with Crippen molar-refractivity contribution < 1.29 is 0 Å². The third-order valence-corrected chi connectivity index (χ3v) is 9.44. The summed E-state index contributed by atoms with van der Waals surface area (Å²) in [6, 6.07) is 50.6. The molecule has 0 fully saturated rings. The molecule has 45 heavy (non-hydrogen) atoms. The fraction of sp³-hybridized carbons (Fsp3) is 0. The molecule has 0 bridgehead atoms. The maximum atomic E-state index is 4.97. The molecule has 208 valence electrons. The number of fused-ring (bicyclic) bond motifs is 11. The van der Waals surface area contributed by atoms with Crippen LogP contribution in [0.4, 0.5) is 0 Å². The van der Waals surface area contributed by atoms with Crippen LogP contribution < -0.4 is 0 Å². The van der Waals surface area contributed by atoms with E-state index in [1.807, 2.05) is 0 Å². The van der Waals surface area contributed by atoms with Gasteiger partial charge in [-0.2, -0.15) is 0 Å². The molecule has 3 heteroatoms. The lowest BCUT2D eigenvalue weighted by atomic mass is 9.92. The lowest BCUT2D eigenvalue weighted by Crippen LogP contribution is -1.99. The molecular formula is C42H25N3. The highest BCUT2D eigenvalue weighted by atomic mass is 15.0. The van der Waals surface area contributed by atoms with Crippen LogP contribution in [0.2, 0.25) is 0 Å². The second-order valence-electron chi connectivity index (χ2n) is 11.8. The second-order valence-corrected chi connectivity index (χ2v) is 11.8. The van der Waals surface area contributed by atoms with E-state index in [-0.39, 0.29) is 0 Å². The first-order chi connectivity index (χ1) is 22.3. The summed E-state index contributed by atoms with van der Waals surface area (Å²) in [5, 5.41) is 12.5.